The third-order valence-corrected chi connectivity index (χ3v) is 3.13. The van der Waals surface area contributed by atoms with E-state index in [0.29, 0.717) is 11.1 Å². The fourth-order valence-corrected chi connectivity index (χ4v) is 2.21. The summed E-state index contributed by atoms with van der Waals surface area (Å²) in [6, 6.07) is 10.4. The minimum Gasteiger partial charge on any atom is -0.508 e. The van der Waals surface area contributed by atoms with E-state index in [4.69, 9.17) is 4.74 Å². The molecule has 3 rings (SSSR count). The minimum atomic E-state index is -0.492. The Morgan fingerprint density at radius 1 is 1.21 bits per heavy atom. The van der Waals surface area contributed by atoms with Crippen molar-refractivity contribution >= 4 is 5.78 Å². The number of hydrogen-bond donors (Lipinski definition) is 1. The highest BCUT2D eigenvalue weighted by Crippen LogP contribution is 2.35. The van der Waals surface area contributed by atoms with Gasteiger partial charge < -0.3 is 9.84 Å². The lowest BCUT2D eigenvalue weighted by atomic mass is 9.96. The Kier molecular flexibility index (Phi) is 2.71. The van der Waals surface area contributed by atoms with E-state index in [1.807, 2.05) is 0 Å². The molecule has 0 radical (unpaired) electrons. The number of phenolic OH excluding ortho intramolecular Hbond substituents is 1. The largest absolute Gasteiger partial charge is 0.508 e. The molecule has 19 heavy (non-hydrogen) atoms. The van der Waals surface area contributed by atoms with E-state index in [0.717, 1.165) is 0 Å². The molecule has 1 aliphatic rings. The van der Waals surface area contributed by atoms with Gasteiger partial charge >= 0.3 is 0 Å². The maximum absolute atomic E-state index is 13.2. The normalized spacial score (nSPS) is 17.7. The van der Waals surface area contributed by atoms with Gasteiger partial charge in [0.15, 0.2) is 5.78 Å². The van der Waals surface area contributed by atoms with Crippen molar-refractivity contribution in [1.82, 2.24) is 0 Å². The van der Waals surface area contributed by atoms with Crippen LogP contribution in [0.25, 0.3) is 0 Å². The number of carbonyl (C=O) groups is 1. The molecule has 1 atom stereocenters. The van der Waals surface area contributed by atoms with Crippen molar-refractivity contribution in [1.29, 1.82) is 0 Å². The van der Waals surface area contributed by atoms with Crippen LogP contribution in [-0.4, -0.2) is 10.9 Å². The van der Waals surface area contributed by atoms with Crippen LogP contribution < -0.4 is 4.74 Å². The van der Waals surface area contributed by atoms with Crippen LogP contribution in [-0.2, 0) is 0 Å². The van der Waals surface area contributed by atoms with E-state index in [2.05, 4.69) is 0 Å². The van der Waals surface area contributed by atoms with E-state index in [9.17, 15) is 14.3 Å². The summed E-state index contributed by atoms with van der Waals surface area (Å²) in [4.78, 5) is 12.0. The number of halogens is 1. The van der Waals surface area contributed by atoms with Crippen molar-refractivity contribution in [3.8, 4) is 11.5 Å². The number of benzene rings is 2. The van der Waals surface area contributed by atoms with Gasteiger partial charge in [0.1, 0.15) is 23.4 Å². The van der Waals surface area contributed by atoms with E-state index < -0.39 is 11.9 Å². The van der Waals surface area contributed by atoms with Crippen LogP contribution in [0.1, 0.15) is 28.4 Å². The highest BCUT2D eigenvalue weighted by Gasteiger charge is 2.28. The first kappa shape index (κ1) is 11.7. The van der Waals surface area contributed by atoms with E-state index in [1.54, 1.807) is 24.3 Å². The van der Waals surface area contributed by atoms with Gasteiger partial charge in [-0.1, -0.05) is 12.1 Å². The molecule has 4 heteroatoms. The number of carbonyl (C=O) groups excluding carboxylic acids is 1. The van der Waals surface area contributed by atoms with Gasteiger partial charge in [-0.05, 0) is 29.8 Å². The van der Waals surface area contributed by atoms with E-state index in [1.165, 1.54) is 18.2 Å². The number of fused-ring (bicyclic) bond motifs is 1. The maximum Gasteiger partial charge on any atom is 0.170 e. The Balaban J connectivity index is 1.98. The zero-order valence-corrected chi connectivity index (χ0v) is 9.97. The number of Topliss-reactive ketones (excluding diaryl/α,β-unsaturated/α-hetero) is 1. The van der Waals surface area contributed by atoms with Gasteiger partial charge in [0, 0.05) is 6.07 Å². The van der Waals surface area contributed by atoms with Gasteiger partial charge in [0.25, 0.3) is 0 Å². The number of phenols is 1. The molecule has 1 unspecified atom stereocenters. The molecular weight excluding hydrogens is 247 g/mol. The van der Waals surface area contributed by atoms with Crippen LogP contribution in [0.4, 0.5) is 4.39 Å². The van der Waals surface area contributed by atoms with Crippen LogP contribution in [0.2, 0.25) is 0 Å². The number of hydrogen-bond acceptors (Lipinski definition) is 3. The lowest BCUT2D eigenvalue weighted by molar-refractivity contribution is 0.0849. The smallest absolute Gasteiger partial charge is 0.170 e. The second kappa shape index (κ2) is 4.39. The van der Waals surface area contributed by atoms with E-state index >= 15 is 0 Å². The first-order chi connectivity index (χ1) is 9.13. The quantitative estimate of drug-likeness (QED) is 0.854. The first-order valence-electron chi connectivity index (χ1n) is 5.92. The molecule has 0 spiro atoms. The van der Waals surface area contributed by atoms with Gasteiger partial charge in [-0.2, -0.15) is 0 Å². The van der Waals surface area contributed by atoms with Crippen molar-refractivity contribution in [2.75, 3.05) is 0 Å². The fraction of sp³-hybridized carbons (Fsp3) is 0.133. The van der Waals surface area contributed by atoms with Crippen LogP contribution >= 0.6 is 0 Å². The second-order valence-corrected chi connectivity index (χ2v) is 4.47. The summed E-state index contributed by atoms with van der Waals surface area (Å²) in [5, 5.41) is 9.45. The van der Waals surface area contributed by atoms with Crippen molar-refractivity contribution < 1.29 is 19.0 Å². The average Bonchev–Trinajstić information content (AvgIpc) is 2.38. The van der Waals surface area contributed by atoms with Gasteiger partial charge in [-0.3, -0.25) is 4.79 Å². The lowest BCUT2D eigenvalue weighted by Gasteiger charge is -2.25. The topological polar surface area (TPSA) is 46.5 Å². The van der Waals surface area contributed by atoms with Gasteiger partial charge in [0.2, 0.25) is 0 Å². The Bertz CT molecular complexity index is 652. The molecule has 2 aromatic carbocycles. The van der Waals surface area contributed by atoms with Crippen molar-refractivity contribution in [3.05, 3.63) is 59.4 Å². The van der Waals surface area contributed by atoms with E-state index in [-0.39, 0.29) is 23.7 Å². The monoisotopic (exact) mass is 258 g/mol. The predicted octanol–water partition coefficient (Wildman–Crippen LogP) is 3.24. The highest BCUT2D eigenvalue weighted by molar-refractivity contribution is 6.00. The molecule has 0 aliphatic carbocycles. The lowest BCUT2D eigenvalue weighted by Crippen LogP contribution is -2.20. The summed E-state index contributed by atoms with van der Waals surface area (Å²) < 4.78 is 18.8. The molecule has 0 saturated heterocycles. The Labute approximate surface area is 109 Å². The van der Waals surface area contributed by atoms with Crippen LogP contribution in [0.15, 0.2) is 42.5 Å². The summed E-state index contributed by atoms with van der Waals surface area (Å²) in [6.45, 7) is 0. The zero-order valence-electron chi connectivity index (χ0n) is 9.97. The highest BCUT2D eigenvalue weighted by atomic mass is 19.1. The van der Waals surface area contributed by atoms with Gasteiger partial charge in [-0.15, -0.1) is 0 Å². The summed E-state index contributed by atoms with van der Waals surface area (Å²) in [6.07, 6.45) is -0.309. The summed E-state index contributed by atoms with van der Waals surface area (Å²) in [5.41, 5.74) is 1.10. The molecule has 96 valence electrons. The molecule has 2 aromatic rings. The molecule has 0 fully saturated rings. The van der Waals surface area contributed by atoms with Crippen LogP contribution in [0.3, 0.4) is 0 Å². The molecule has 3 nitrogen and oxygen atoms in total. The Morgan fingerprint density at radius 3 is 2.84 bits per heavy atom. The van der Waals surface area contributed by atoms with Gasteiger partial charge in [0.05, 0.1) is 12.0 Å². The molecule has 1 aliphatic heterocycles. The Morgan fingerprint density at radius 2 is 2.05 bits per heavy atom. The standard InChI is InChI=1S/C15H11FO3/c16-10-4-5-12-13(18)8-14(19-15(12)7-10)9-2-1-3-11(17)6-9/h1-7,14,17H,8H2. The minimum absolute atomic E-state index is 0.0883. The maximum atomic E-state index is 13.2. The summed E-state index contributed by atoms with van der Waals surface area (Å²) in [5.74, 6) is -0.166. The van der Waals surface area contributed by atoms with Gasteiger partial charge in [-0.25, -0.2) is 4.39 Å². The van der Waals surface area contributed by atoms with Crippen LogP contribution in [0, 0.1) is 5.82 Å². The number of aromatic hydroxyl groups is 1. The molecule has 0 amide bonds. The third-order valence-electron chi connectivity index (χ3n) is 3.13. The zero-order chi connectivity index (χ0) is 13.4. The molecule has 0 aromatic heterocycles. The molecule has 0 bridgehead atoms. The summed E-state index contributed by atoms with van der Waals surface area (Å²) in [7, 11) is 0. The second-order valence-electron chi connectivity index (χ2n) is 4.47. The molecule has 1 N–H and O–H groups in total. The molecule has 1 heterocycles. The van der Waals surface area contributed by atoms with Crippen molar-refractivity contribution in [3.63, 3.8) is 0 Å². The molecular formula is C15H11FO3. The number of ether oxygens (including phenoxy) is 1. The Hall–Kier alpha value is -2.36. The SMILES string of the molecule is O=C1CC(c2cccc(O)c2)Oc2cc(F)ccc21. The van der Waals surface area contributed by atoms with Crippen molar-refractivity contribution in [2.45, 2.75) is 12.5 Å². The predicted molar refractivity (Wildman–Crippen MR) is 66.8 cm³/mol. The molecule has 0 saturated carbocycles. The average molecular weight is 258 g/mol. The summed E-state index contributed by atoms with van der Waals surface area (Å²) >= 11 is 0. The third kappa shape index (κ3) is 2.17. The van der Waals surface area contributed by atoms with Crippen LogP contribution in [0.5, 0.6) is 11.5 Å². The van der Waals surface area contributed by atoms with Crippen molar-refractivity contribution in [2.24, 2.45) is 0 Å². The number of ketones is 1. The first-order valence-corrected chi connectivity index (χ1v) is 5.92. The fourth-order valence-electron chi connectivity index (χ4n) is 2.21. The number of rotatable bonds is 1.